The Morgan fingerprint density at radius 2 is 0.778 bits per heavy atom. The summed E-state index contributed by atoms with van der Waals surface area (Å²) in [5.41, 5.74) is 13.8. The minimum Gasteiger partial charge on any atom is -0.309 e. The zero-order valence-corrected chi connectivity index (χ0v) is 33.8. The Morgan fingerprint density at radius 3 is 1.41 bits per heavy atom. The molecule has 0 radical (unpaired) electrons. The molecule has 0 fully saturated rings. The quantitative estimate of drug-likeness (QED) is 0.168. The van der Waals surface area contributed by atoms with E-state index in [9.17, 15) is 0 Å². The number of hydrogen-bond donors (Lipinski definition) is 0. The molecule has 7 heteroatoms. The van der Waals surface area contributed by atoms with Crippen LogP contribution in [0.5, 0.6) is 0 Å². The van der Waals surface area contributed by atoms with Crippen LogP contribution < -0.4 is 0 Å². The van der Waals surface area contributed by atoms with Crippen molar-refractivity contribution in [1.82, 2.24) is 33.6 Å². The van der Waals surface area contributed by atoms with E-state index in [1.165, 1.54) is 10.8 Å². The predicted octanol–water partition coefficient (Wildman–Crippen LogP) is 13.6. The van der Waals surface area contributed by atoms with Crippen LogP contribution in [-0.4, -0.2) is 33.6 Å². The standard InChI is InChI=1S/C56H35N7/c1-4-15-36(16-5-1)54-58-55(37-17-6-2-7-18-37)60-56(59-54)63-48-24-13-11-22-43(48)45-30-27-39(34-52(45)63)38-26-29-44-42-21-10-12-23-47(42)62(51(44)33-38)41-28-31-49-46(35-41)53-50(25-14-32-57-53)61(49)40-19-8-3-9-20-40/h1-35H. The monoisotopic (exact) mass is 805 g/mol. The molecule has 0 N–H and O–H groups in total. The van der Waals surface area contributed by atoms with E-state index in [1.54, 1.807) is 0 Å². The summed E-state index contributed by atoms with van der Waals surface area (Å²) in [4.78, 5) is 20.3. The van der Waals surface area contributed by atoms with Crippen molar-refractivity contribution in [3.05, 3.63) is 212 Å². The molecule has 7 nitrogen and oxygen atoms in total. The van der Waals surface area contributed by atoms with E-state index < -0.39 is 0 Å². The van der Waals surface area contributed by atoms with Gasteiger partial charge in [-0.15, -0.1) is 0 Å². The number of nitrogens with zero attached hydrogens (tertiary/aromatic N) is 7. The van der Waals surface area contributed by atoms with Crippen LogP contribution in [0.1, 0.15) is 0 Å². The van der Waals surface area contributed by atoms with Crippen molar-refractivity contribution in [2.75, 3.05) is 0 Å². The number of benzene rings is 8. The molecule has 0 amide bonds. The van der Waals surface area contributed by atoms with E-state index in [-0.39, 0.29) is 0 Å². The fraction of sp³-hybridized carbons (Fsp3) is 0. The highest BCUT2D eigenvalue weighted by molar-refractivity contribution is 6.13. The molecule has 0 saturated carbocycles. The molecule has 13 rings (SSSR count). The number of fused-ring (bicyclic) bond motifs is 9. The molecule has 8 aromatic carbocycles. The summed E-state index contributed by atoms with van der Waals surface area (Å²) in [5.74, 6) is 1.82. The summed E-state index contributed by atoms with van der Waals surface area (Å²) in [6, 6.07) is 72.6. The summed E-state index contributed by atoms with van der Waals surface area (Å²) in [5, 5.41) is 5.77. The summed E-state index contributed by atoms with van der Waals surface area (Å²) in [6.45, 7) is 0. The lowest BCUT2D eigenvalue weighted by atomic mass is 10.0. The lowest BCUT2D eigenvalue weighted by Gasteiger charge is -2.12. The molecular weight excluding hydrogens is 771 g/mol. The van der Waals surface area contributed by atoms with Crippen molar-refractivity contribution in [2.24, 2.45) is 0 Å². The zero-order chi connectivity index (χ0) is 41.4. The van der Waals surface area contributed by atoms with Crippen LogP contribution in [0.15, 0.2) is 212 Å². The van der Waals surface area contributed by atoms with Gasteiger partial charge < -0.3 is 9.13 Å². The van der Waals surface area contributed by atoms with E-state index in [2.05, 4.69) is 153 Å². The maximum absolute atomic E-state index is 5.18. The molecule has 63 heavy (non-hydrogen) atoms. The van der Waals surface area contributed by atoms with Crippen LogP contribution >= 0.6 is 0 Å². The fourth-order valence-corrected chi connectivity index (χ4v) is 9.51. The average molecular weight is 806 g/mol. The third-order valence-electron chi connectivity index (χ3n) is 12.3. The van der Waals surface area contributed by atoms with Crippen LogP contribution in [0.2, 0.25) is 0 Å². The van der Waals surface area contributed by atoms with E-state index in [4.69, 9.17) is 19.9 Å². The predicted molar refractivity (Wildman–Crippen MR) is 257 cm³/mol. The molecule has 5 aromatic heterocycles. The molecule has 0 aliphatic heterocycles. The minimum atomic E-state index is 0.570. The number of pyridine rings is 1. The van der Waals surface area contributed by atoms with Gasteiger partial charge in [0.2, 0.25) is 5.95 Å². The Hall–Kier alpha value is -8.68. The topological polar surface area (TPSA) is 66.3 Å². The van der Waals surface area contributed by atoms with E-state index >= 15 is 0 Å². The van der Waals surface area contributed by atoms with Gasteiger partial charge in [-0.3, -0.25) is 9.55 Å². The van der Waals surface area contributed by atoms with Gasteiger partial charge in [0.05, 0.1) is 38.6 Å². The molecule has 0 spiro atoms. The van der Waals surface area contributed by atoms with Crippen molar-refractivity contribution >= 4 is 65.5 Å². The first-order valence-electron chi connectivity index (χ1n) is 21.1. The third kappa shape index (κ3) is 5.53. The normalized spacial score (nSPS) is 11.8. The van der Waals surface area contributed by atoms with Gasteiger partial charge in [-0.05, 0) is 77.9 Å². The zero-order valence-electron chi connectivity index (χ0n) is 33.8. The van der Waals surface area contributed by atoms with E-state index in [0.29, 0.717) is 17.6 Å². The van der Waals surface area contributed by atoms with Crippen molar-refractivity contribution < 1.29 is 0 Å². The van der Waals surface area contributed by atoms with Gasteiger partial charge in [-0.25, -0.2) is 4.98 Å². The minimum absolute atomic E-state index is 0.570. The van der Waals surface area contributed by atoms with Crippen LogP contribution in [0.4, 0.5) is 0 Å². The summed E-state index contributed by atoms with van der Waals surface area (Å²) < 4.78 is 6.90. The fourth-order valence-electron chi connectivity index (χ4n) is 9.51. The molecule has 5 heterocycles. The van der Waals surface area contributed by atoms with Crippen molar-refractivity contribution in [3.8, 4) is 51.2 Å². The number of rotatable bonds is 6. The summed E-state index contributed by atoms with van der Waals surface area (Å²) >= 11 is 0. The van der Waals surface area contributed by atoms with Crippen LogP contribution in [0.25, 0.3) is 117 Å². The Labute approximate surface area is 361 Å². The van der Waals surface area contributed by atoms with Gasteiger partial charge in [-0.1, -0.05) is 140 Å². The molecule has 0 unspecified atom stereocenters. The number of hydrogen-bond acceptors (Lipinski definition) is 4. The Morgan fingerprint density at radius 1 is 0.286 bits per heavy atom. The van der Waals surface area contributed by atoms with Crippen molar-refractivity contribution in [1.29, 1.82) is 0 Å². The van der Waals surface area contributed by atoms with Gasteiger partial charge in [-0.2, -0.15) is 9.97 Å². The van der Waals surface area contributed by atoms with Crippen LogP contribution in [-0.2, 0) is 0 Å². The summed E-state index contributed by atoms with van der Waals surface area (Å²) in [6.07, 6.45) is 1.89. The first-order valence-corrected chi connectivity index (χ1v) is 21.1. The Balaban J connectivity index is 1.02. The van der Waals surface area contributed by atoms with E-state index in [0.717, 1.165) is 88.4 Å². The Kier molecular flexibility index (Phi) is 7.77. The molecular formula is C56H35N7. The summed E-state index contributed by atoms with van der Waals surface area (Å²) in [7, 11) is 0. The first kappa shape index (κ1) is 35.1. The maximum atomic E-state index is 5.18. The molecule has 13 aromatic rings. The molecule has 0 bridgehead atoms. The lowest BCUT2D eigenvalue weighted by molar-refractivity contribution is 0.953. The van der Waals surface area contributed by atoms with Crippen LogP contribution in [0, 0.1) is 0 Å². The van der Waals surface area contributed by atoms with Gasteiger partial charge in [0.15, 0.2) is 11.6 Å². The molecule has 0 atom stereocenters. The highest BCUT2D eigenvalue weighted by Crippen LogP contribution is 2.40. The number of para-hydroxylation sites is 3. The highest BCUT2D eigenvalue weighted by Gasteiger charge is 2.21. The van der Waals surface area contributed by atoms with Crippen molar-refractivity contribution in [2.45, 2.75) is 0 Å². The molecule has 294 valence electrons. The average Bonchev–Trinajstić information content (AvgIpc) is 3.99. The maximum Gasteiger partial charge on any atom is 0.238 e. The van der Waals surface area contributed by atoms with Gasteiger partial charge in [0.1, 0.15) is 0 Å². The third-order valence-corrected chi connectivity index (χ3v) is 12.3. The highest BCUT2D eigenvalue weighted by atomic mass is 15.2. The van der Waals surface area contributed by atoms with Crippen molar-refractivity contribution in [3.63, 3.8) is 0 Å². The van der Waals surface area contributed by atoms with Gasteiger partial charge in [0.25, 0.3) is 0 Å². The largest absolute Gasteiger partial charge is 0.309 e. The van der Waals surface area contributed by atoms with Gasteiger partial charge >= 0.3 is 0 Å². The molecule has 0 saturated heterocycles. The second-order valence-corrected chi connectivity index (χ2v) is 15.9. The SMILES string of the molecule is c1ccc(-c2nc(-c3ccccc3)nc(-n3c4ccccc4c4ccc(-c5ccc6c7ccccc7n(-c7ccc8c(c7)c7ncccc7n8-c7ccccc7)c6c5)cc43)n2)cc1. The second kappa shape index (κ2) is 13.9. The molecule has 0 aliphatic carbocycles. The van der Waals surface area contributed by atoms with Crippen LogP contribution in [0.3, 0.4) is 0 Å². The second-order valence-electron chi connectivity index (χ2n) is 15.9. The van der Waals surface area contributed by atoms with E-state index in [1.807, 2.05) is 72.9 Å². The van der Waals surface area contributed by atoms with Gasteiger partial charge in [0, 0.05) is 55.6 Å². The first-order chi connectivity index (χ1) is 31.2. The number of aromatic nitrogens is 7. The molecule has 0 aliphatic rings. The smallest absolute Gasteiger partial charge is 0.238 e. The lowest BCUT2D eigenvalue weighted by Crippen LogP contribution is -2.06. The Bertz CT molecular complexity index is 3840.